The van der Waals surface area contributed by atoms with Gasteiger partial charge in [0.05, 0.1) is 12.7 Å². The summed E-state index contributed by atoms with van der Waals surface area (Å²) in [5.41, 5.74) is 0.254. The van der Waals surface area contributed by atoms with E-state index in [0.29, 0.717) is 18.9 Å². The van der Waals surface area contributed by atoms with Gasteiger partial charge in [-0.3, -0.25) is 4.79 Å². The lowest BCUT2D eigenvalue weighted by Crippen LogP contribution is -2.25. The van der Waals surface area contributed by atoms with Crippen molar-refractivity contribution in [1.82, 2.24) is 5.32 Å². The molecule has 0 atom stereocenters. The van der Waals surface area contributed by atoms with E-state index >= 15 is 0 Å². The van der Waals surface area contributed by atoms with E-state index in [1.165, 1.54) is 26.0 Å². The monoisotopic (exact) mass is 279 g/mol. The Balaban J connectivity index is 1.68. The molecular weight excluding hydrogens is 258 g/mol. The minimum Gasteiger partial charge on any atom is -0.507 e. The lowest BCUT2D eigenvalue weighted by atomic mass is 10.2. The van der Waals surface area contributed by atoms with Crippen LogP contribution in [0.2, 0.25) is 0 Å². The summed E-state index contributed by atoms with van der Waals surface area (Å²) < 4.78 is 10.5. The topological polar surface area (TPSA) is 67.8 Å². The van der Waals surface area contributed by atoms with Crippen molar-refractivity contribution in [2.45, 2.75) is 19.3 Å². The number of methoxy groups -OCH3 is 1. The highest BCUT2D eigenvalue weighted by molar-refractivity contribution is 5.96. The first-order valence-corrected chi connectivity index (χ1v) is 6.93. The number of ether oxygens (including phenoxy) is 2. The van der Waals surface area contributed by atoms with E-state index in [-0.39, 0.29) is 17.2 Å². The number of benzene rings is 1. The van der Waals surface area contributed by atoms with Crippen LogP contribution in [0, 0.1) is 5.92 Å². The molecule has 0 aromatic heterocycles. The second-order valence-electron chi connectivity index (χ2n) is 5.01. The molecule has 2 rings (SSSR count). The Morgan fingerprint density at radius 3 is 2.90 bits per heavy atom. The average molecular weight is 279 g/mol. The van der Waals surface area contributed by atoms with E-state index < -0.39 is 0 Å². The summed E-state index contributed by atoms with van der Waals surface area (Å²) in [6.45, 7) is 2.04. The van der Waals surface area contributed by atoms with Crippen LogP contribution < -0.4 is 10.1 Å². The van der Waals surface area contributed by atoms with Gasteiger partial charge in [0, 0.05) is 25.8 Å². The van der Waals surface area contributed by atoms with Crippen LogP contribution in [0.25, 0.3) is 0 Å². The van der Waals surface area contributed by atoms with Gasteiger partial charge in [0.25, 0.3) is 5.91 Å². The first-order valence-electron chi connectivity index (χ1n) is 6.93. The van der Waals surface area contributed by atoms with Crippen LogP contribution in [0.5, 0.6) is 11.5 Å². The van der Waals surface area contributed by atoms with Crippen LogP contribution in [0.3, 0.4) is 0 Å². The van der Waals surface area contributed by atoms with Gasteiger partial charge in [0.2, 0.25) is 0 Å². The second kappa shape index (κ2) is 7.14. The summed E-state index contributed by atoms with van der Waals surface area (Å²) in [6.07, 6.45) is 3.34. The third kappa shape index (κ3) is 4.42. The van der Waals surface area contributed by atoms with Gasteiger partial charge in [0.15, 0.2) is 0 Å². The summed E-state index contributed by atoms with van der Waals surface area (Å²) in [4.78, 5) is 11.9. The van der Waals surface area contributed by atoms with Gasteiger partial charge in [0.1, 0.15) is 11.5 Å². The van der Waals surface area contributed by atoms with Gasteiger partial charge in [-0.2, -0.15) is 0 Å². The molecular formula is C15H21NO4. The lowest BCUT2D eigenvalue weighted by molar-refractivity contribution is 0.0935. The smallest absolute Gasteiger partial charge is 0.255 e. The van der Waals surface area contributed by atoms with Crippen molar-refractivity contribution in [3.8, 4) is 11.5 Å². The largest absolute Gasteiger partial charge is 0.507 e. The van der Waals surface area contributed by atoms with E-state index in [0.717, 1.165) is 18.9 Å². The van der Waals surface area contributed by atoms with Gasteiger partial charge in [-0.25, -0.2) is 0 Å². The number of nitrogens with one attached hydrogen (secondary N) is 1. The van der Waals surface area contributed by atoms with Gasteiger partial charge < -0.3 is 19.9 Å². The first-order chi connectivity index (χ1) is 9.70. The van der Waals surface area contributed by atoms with Crippen molar-refractivity contribution in [2.75, 3.05) is 26.9 Å². The Morgan fingerprint density at radius 2 is 2.25 bits per heavy atom. The zero-order valence-electron chi connectivity index (χ0n) is 11.7. The maximum atomic E-state index is 11.9. The Morgan fingerprint density at radius 1 is 1.45 bits per heavy atom. The number of hydrogen-bond acceptors (Lipinski definition) is 4. The molecule has 0 aliphatic heterocycles. The molecule has 1 aliphatic rings. The molecule has 5 nitrogen and oxygen atoms in total. The molecule has 110 valence electrons. The van der Waals surface area contributed by atoms with Crippen LogP contribution in [-0.4, -0.2) is 37.9 Å². The fraction of sp³-hybridized carbons (Fsp3) is 0.533. The average Bonchev–Trinajstić information content (AvgIpc) is 3.26. The Labute approximate surface area is 118 Å². The molecule has 0 heterocycles. The Bertz CT molecular complexity index is 457. The van der Waals surface area contributed by atoms with E-state index in [4.69, 9.17) is 9.47 Å². The molecule has 1 aliphatic carbocycles. The number of rotatable bonds is 8. The molecule has 0 saturated heterocycles. The molecule has 0 radical (unpaired) electrons. The van der Waals surface area contributed by atoms with E-state index in [9.17, 15) is 9.90 Å². The fourth-order valence-corrected chi connectivity index (χ4v) is 1.84. The van der Waals surface area contributed by atoms with Crippen molar-refractivity contribution in [1.29, 1.82) is 0 Å². The number of amides is 1. The van der Waals surface area contributed by atoms with Crippen molar-refractivity contribution in [3.05, 3.63) is 23.8 Å². The van der Waals surface area contributed by atoms with Crippen molar-refractivity contribution in [3.63, 3.8) is 0 Å². The highest BCUT2D eigenvalue weighted by Gasteiger charge is 2.20. The van der Waals surface area contributed by atoms with Crippen LogP contribution in [0.4, 0.5) is 0 Å². The highest BCUT2D eigenvalue weighted by atomic mass is 16.5. The van der Waals surface area contributed by atoms with Gasteiger partial charge in [-0.15, -0.1) is 0 Å². The Hall–Kier alpha value is -1.75. The number of carbonyl (C=O) groups is 1. The molecule has 1 fully saturated rings. The second-order valence-corrected chi connectivity index (χ2v) is 5.01. The third-order valence-corrected chi connectivity index (χ3v) is 3.25. The Kier molecular flexibility index (Phi) is 5.24. The van der Waals surface area contributed by atoms with Crippen LogP contribution in [0.1, 0.15) is 29.6 Å². The number of phenols is 1. The highest BCUT2D eigenvalue weighted by Crippen LogP contribution is 2.28. The molecule has 2 N–H and O–H groups in total. The number of aromatic hydroxyl groups is 1. The van der Waals surface area contributed by atoms with Crippen molar-refractivity contribution >= 4 is 5.91 Å². The maximum Gasteiger partial charge on any atom is 0.255 e. The molecule has 1 aromatic carbocycles. The number of phenolic OH excluding ortho intramolecular Hbond substituents is 1. The molecule has 5 heteroatoms. The molecule has 1 saturated carbocycles. The molecule has 1 aromatic rings. The van der Waals surface area contributed by atoms with Gasteiger partial charge in [-0.05, 0) is 37.3 Å². The molecule has 0 bridgehead atoms. The zero-order valence-corrected chi connectivity index (χ0v) is 11.7. The molecule has 1 amide bonds. The first kappa shape index (κ1) is 14.7. The minimum absolute atomic E-state index is 0.0770. The van der Waals surface area contributed by atoms with Crippen LogP contribution >= 0.6 is 0 Å². The van der Waals surface area contributed by atoms with E-state index in [1.54, 1.807) is 12.1 Å². The normalized spacial score (nSPS) is 14.1. The van der Waals surface area contributed by atoms with Crippen LogP contribution in [-0.2, 0) is 4.74 Å². The lowest BCUT2D eigenvalue weighted by Gasteiger charge is -2.08. The molecule has 0 spiro atoms. The quantitative estimate of drug-likeness (QED) is 0.714. The predicted octanol–water partition coefficient (Wildman–Crippen LogP) is 1.95. The number of carbonyl (C=O) groups excluding carboxylic acids is 1. The molecule has 20 heavy (non-hydrogen) atoms. The number of hydrogen-bond donors (Lipinski definition) is 2. The SMILES string of the molecule is COc1ccc(C(=O)NCCCOCC2CC2)c(O)c1. The summed E-state index contributed by atoms with van der Waals surface area (Å²) >= 11 is 0. The van der Waals surface area contributed by atoms with Gasteiger partial charge >= 0.3 is 0 Å². The van der Waals surface area contributed by atoms with Crippen LogP contribution in [0.15, 0.2) is 18.2 Å². The van der Waals surface area contributed by atoms with Crippen molar-refractivity contribution < 1.29 is 19.4 Å². The van der Waals surface area contributed by atoms with Gasteiger partial charge in [-0.1, -0.05) is 0 Å². The summed E-state index contributed by atoms with van der Waals surface area (Å²) in [6, 6.07) is 4.62. The summed E-state index contributed by atoms with van der Waals surface area (Å²) in [5, 5.41) is 12.5. The molecule has 0 unspecified atom stereocenters. The van der Waals surface area contributed by atoms with E-state index in [1.807, 2.05) is 0 Å². The minimum atomic E-state index is -0.285. The standard InChI is InChI=1S/C15H21NO4/c1-19-12-5-6-13(14(17)9-12)15(18)16-7-2-8-20-10-11-3-4-11/h5-6,9,11,17H,2-4,7-8,10H2,1H3,(H,16,18). The fourth-order valence-electron chi connectivity index (χ4n) is 1.84. The van der Waals surface area contributed by atoms with E-state index in [2.05, 4.69) is 5.32 Å². The predicted molar refractivity (Wildman–Crippen MR) is 75.2 cm³/mol. The maximum absolute atomic E-state index is 11.9. The van der Waals surface area contributed by atoms with Crippen molar-refractivity contribution in [2.24, 2.45) is 5.92 Å². The summed E-state index contributed by atoms with van der Waals surface area (Å²) in [5.74, 6) is 0.924. The zero-order chi connectivity index (χ0) is 14.4. The summed E-state index contributed by atoms with van der Waals surface area (Å²) in [7, 11) is 1.51. The third-order valence-electron chi connectivity index (χ3n) is 3.25.